The van der Waals surface area contributed by atoms with Crippen LogP contribution < -0.4 is 9.61 Å². The fourth-order valence-electron chi connectivity index (χ4n) is 1.39. The van der Waals surface area contributed by atoms with Gasteiger partial charge in [0.15, 0.2) is 0 Å². The molecule has 0 aliphatic heterocycles. The van der Waals surface area contributed by atoms with Crippen LogP contribution in [0.3, 0.4) is 0 Å². The van der Waals surface area contributed by atoms with Crippen molar-refractivity contribution in [2.45, 2.75) is 27.7 Å². The van der Waals surface area contributed by atoms with Crippen LogP contribution in [0.15, 0.2) is 53.6 Å². The van der Waals surface area contributed by atoms with Gasteiger partial charge >= 0.3 is 7.75 Å². The topological polar surface area (TPSA) is 47.6 Å². The average Bonchev–Trinajstić information content (AvgIpc) is 2.38. The summed E-state index contributed by atoms with van der Waals surface area (Å²) in [4.78, 5) is 0. The average molecular weight is 309 g/mol. The van der Waals surface area contributed by atoms with Crippen molar-refractivity contribution in [2.24, 2.45) is 0 Å². The van der Waals surface area contributed by atoms with E-state index < -0.39 is 7.75 Å². The molecule has 1 aromatic rings. The van der Waals surface area contributed by atoms with Crippen molar-refractivity contribution in [3.8, 4) is 5.75 Å². The molecule has 0 saturated heterocycles. The Labute approximate surface area is 127 Å². The molecule has 0 aliphatic carbocycles. The smallest absolute Gasteiger partial charge is 0.413 e. The van der Waals surface area contributed by atoms with Gasteiger partial charge in [0.2, 0.25) is 0 Å². The maximum absolute atomic E-state index is 12.7. The number of nitrogens with one attached hydrogen (secondary N) is 1. The van der Waals surface area contributed by atoms with Gasteiger partial charge in [-0.3, -0.25) is 4.52 Å². The highest BCUT2D eigenvalue weighted by Crippen LogP contribution is 2.44. The highest BCUT2D eigenvalue weighted by atomic mass is 31.2. The third-order valence-corrected chi connectivity index (χ3v) is 4.01. The van der Waals surface area contributed by atoms with Crippen LogP contribution in [-0.2, 0) is 9.09 Å². The Morgan fingerprint density at radius 3 is 2.29 bits per heavy atom. The number of hydrogen-bond acceptors (Lipinski definition) is 3. The Bertz CT molecular complexity index is 504. The largest absolute Gasteiger partial charge is 0.459 e. The second-order valence-electron chi connectivity index (χ2n) is 5.12. The Morgan fingerprint density at radius 1 is 1.10 bits per heavy atom. The maximum atomic E-state index is 12.7. The first-order valence-electron chi connectivity index (χ1n) is 6.92. The van der Waals surface area contributed by atoms with Crippen LogP contribution in [0.4, 0.5) is 0 Å². The lowest BCUT2D eigenvalue weighted by Crippen LogP contribution is -2.17. The molecular formula is C16H24NO3P. The Balaban J connectivity index is 2.75. The van der Waals surface area contributed by atoms with Gasteiger partial charge in [-0.05, 0) is 39.8 Å². The summed E-state index contributed by atoms with van der Waals surface area (Å²) >= 11 is 0. The van der Waals surface area contributed by atoms with Crippen molar-refractivity contribution in [2.75, 3.05) is 13.2 Å². The highest BCUT2D eigenvalue weighted by molar-refractivity contribution is 7.52. The maximum Gasteiger partial charge on any atom is 0.459 e. The number of hydrogen-bond donors (Lipinski definition) is 1. The van der Waals surface area contributed by atoms with E-state index in [1.807, 2.05) is 58.0 Å². The van der Waals surface area contributed by atoms with E-state index in [0.717, 1.165) is 11.1 Å². The molecule has 21 heavy (non-hydrogen) atoms. The van der Waals surface area contributed by atoms with E-state index >= 15 is 0 Å². The van der Waals surface area contributed by atoms with E-state index in [4.69, 9.17) is 9.05 Å². The van der Waals surface area contributed by atoms with E-state index in [2.05, 4.69) is 5.09 Å². The molecule has 0 spiro atoms. The molecule has 1 N–H and O–H groups in total. The number of allylic oxidation sites excluding steroid dienone is 2. The standard InChI is InChI=1S/C16H24NO3P/c1-14(2)10-12-17-21(18,19-13-11-15(3)4)20-16-8-6-5-7-9-16/h5-11H,12-13H2,1-4H3,(H,17,18). The van der Waals surface area contributed by atoms with Gasteiger partial charge in [-0.25, -0.2) is 9.65 Å². The molecule has 116 valence electrons. The first-order chi connectivity index (χ1) is 9.91. The lowest BCUT2D eigenvalue weighted by molar-refractivity contribution is 0.283. The second-order valence-corrected chi connectivity index (χ2v) is 6.87. The van der Waals surface area contributed by atoms with E-state index in [1.165, 1.54) is 0 Å². The third-order valence-electron chi connectivity index (χ3n) is 2.50. The molecule has 4 nitrogen and oxygen atoms in total. The molecule has 0 heterocycles. The fourth-order valence-corrected chi connectivity index (χ4v) is 2.58. The van der Waals surface area contributed by atoms with Crippen LogP contribution in [0.25, 0.3) is 0 Å². The molecule has 1 rings (SSSR count). The predicted molar refractivity (Wildman–Crippen MR) is 87.5 cm³/mol. The van der Waals surface area contributed by atoms with Crippen molar-refractivity contribution in [3.05, 3.63) is 53.6 Å². The van der Waals surface area contributed by atoms with Crippen molar-refractivity contribution in [1.82, 2.24) is 5.09 Å². The third kappa shape index (κ3) is 7.86. The molecule has 0 amide bonds. The van der Waals surface area contributed by atoms with Crippen molar-refractivity contribution in [3.63, 3.8) is 0 Å². The number of rotatable bonds is 8. The molecule has 0 aliphatic rings. The van der Waals surface area contributed by atoms with Crippen LogP contribution >= 0.6 is 7.75 Å². The summed E-state index contributed by atoms with van der Waals surface area (Å²) in [6.07, 6.45) is 3.80. The summed E-state index contributed by atoms with van der Waals surface area (Å²) in [5.41, 5.74) is 2.24. The van der Waals surface area contributed by atoms with E-state index in [9.17, 15) is 4.57 Å². The number of para-hydroxylation sites is 1. The molecule has 5 heteroatoms. The lowest BCUT2D eigenvalue weighted by atomic mass is 10.3. The predicted octanol–water partition coefficient (Wildman–Crippen LogP) is 4.71. The van der Waals surface area contributed by atoms with Crippen molar-refractivity contribution in [1.29, 1.82) is 0 Å². The van der Waals surface area contributed by atoms with Crippen LogP contribution in [0.5, 0.6) is 5.75 Å². The van der Waals surface area contributed by atoms with Gasteiger partial charge in [-0.2, -0.15) is 0 Å². The van der Waals surface area contributed by atoms with E-state index in [-0.39, 0.29) is 6.61 Å². The van der Waals surface area contributed by atoms with Crippen molar-refractivity contribution >= 4 is 7.75 Å². The van der Waals surface area contributed by atoms with E-state index in [0.29, 0.717) is 12.3 Å². The summed E-state index contributed by atoms with van der Waals surface area (Å²) in [6, 6.07) is 9.02. The van der Waals surface area contributed by atoms with Gasteiger partial charge in [0.1, 0.15) is 5.75 Å². The summed E-state index contributed by atoms with van der Waals surface area (Å²) in [6.45, 7) is 8.56. The molecular weight excluding hydrogens is 285 g/mol. The quantitative estimate of drug-likeness (QED) is 0.558. The molecule has 0 radical (unpaired) electrons. The van der Waals surface area contributed by atoms with Crippen molar-refractivity contribution < 1.29 is 13.6 Å². The minimum absolute atomic E-state index is 0.244. The second kappa shape index (κ2) is 8.83. The molecule has 1 aromatic carbocycles. The van der Waals surface area contributed by atoms with Gasteiger partial charge in [-0.15, -0.1) is 0 Å². The van der Waals surface area contributed by atoms with Gasteiger partial charge in [0.05, 0.1) is 6.61 Å². The summed E-state index contributed by atoms with van der Waals surface area (Å²) in [5, 5.41) is 2.86. The van der Waals surface area contributed by atoms with E-state index in [1.54, 1.807) is 12.1 Å². The number of benzene rings is 1. The monoisotopic (exact) mass is 309 g/mol. The minimum Gasteiger partial charge on any atom is -0.413 e. The van der Waals surface area contributed by atoms with Gasteiger partial charge in [0.25, 0.3) is 0 Å². The van der Waals surface area contributed by atoms with Crippen LogP contribution in [0.1, 0.15) is 27.7 Å². The Kier molecular flexibility index (Phi) is 7.44. The van der Waals surface area contributed by atoms with Gasteiger partial charge < -0.3 is 4.52 Å². The first-order valence-corrected chi connectivity index (χ1v) is 8.46. The van der Waals surface area contributed by atoms with Gasteiger partial charge in [0, 0.05) is 6.54 Å². The van der Waals surface area contributed by atoms with Crippen LogP contribution in [-0.4, -0.2) is 13.2 Å². The first kappa shape index (κ1) is 17.7. The molecule has 0 aromatic heterocycles. The summed E-state index contributed by atoms with van der Waals surface area (Å²) < 4.78 is 23.7. The fraction of sp³-hybridized carbons (Fsp3) is 0.375. The molecule has 0 bridgehead atoms. The molecule has 0 fully saturated rings. The zero-order valence-corrected chi connectivity index (χ0v) is 14.0. The van der Waals surface area contributed by atoms with Crippen LogP contribution in [0.2, 0.25) is 0 Å². The Hall–Kier alpha value is -1.35. The SMILES string of the molecule is CC(C)=CCNP(=O)(OCC=C(C)C)Oc1ccccc1. The van der Waals surface area contributed by atoms with Crippen LogP contribution in [0, 0.1) is 0 Å². The highest BCUT2D eigenvalue weighted by Gasteiger charge is 2.25. The lowest BCUT2D eigenvalue weighted by Gasteiger charge is -2.18. The summed E-state index contributed by atoms with van der Waals surface area (Å²) in [5.74, 6) is 0.516. The molecule has 0 saturated carbocycles. The van der Waals surface area contributed by atoms with Gasteiger partial charge in [-0.1, -0.05) is 41.5 Å². The normalized spacial score (nSPS) is 13.1. The minimum atomic E-state index is -3.39. The molecule has 1 unspecified atom stereocenters. The zero-order valence-electron chi connectivity index (χ0n) is 13.1. The molecule has 1 atom stereocenters. The zero-order chi connectivity index (χ0) is 15.7. The summed E-state index contributed by atoms with van der Waals surface area (Å²) in [7, 11) is -3.39. The Morgan fingerprint density at radius 2 is 1.71 bits per heavy atom.